The van der Waals surface area contributed by atoms with Crippen LogP contribution in [0.5, 0.6) is 0 Å². The monoisotopic (exact) mass is 325 g/mol. The maximum atomic E-state index is 12.5. The fourth-order valence-corrected chi connectivity index (χ4v) is 2.19. The number of aromatic nitrogens is 2. The van der Waals surface area contributed by atoms with Crippen LogP contribution in [0.3, 0.4) is 0 Å². The first-order chi connectivity index (χ1) is 10.8. The second-order valence-corrected chi connectivity index (χ2v) is 5.49. The van der Waals surface area contributed by atoms with Crippen LogP contribution >= 0.6 is 0 Å². The quantitative estimate of drug-likeness (QED) is 0.916. The molecule has 0 aliphatic carbocycles. The summed E-state index contributed by atoms with van der Waals surface area (Å²) in [7, 11) is 0. The number of alkyl halides is 3. The normalized spacial score (nSPS) is 11.7. The lowest BCUT2D eigenvalue weighted by Gasteiger charge is -2.12. The van der Waals surface area contributed by atoms with Crippen molar-refractivity contribution in [3.8, 4) is 0 Å². The number of nitrogens with one attached hydrogen (secondary N) is 1. The third-order valence-corrected chi connectivity index (χ3v) is 3.39. The highest BCUT2D eigenvalue weighted by Gasteiger charge is 2.29. The molecule has 1 aromatic heterocycles. The molecule has 23 heavy (non-hydrogen) atoms. The Morgan fingerprint density at radius 2 is 1.91 bits per heavy atom. The van der Waals surface area contributed by atoms with Crippen molar-refractivity contribution in [1.82, 2.24) is 14.9 Å². The molecule has 0 radical (unpaired) electrons. The zero-order valence-corrected chi connectivity index (χ0v) is 12.9. The number of rotatable bonds is 5. The highest BCUT2D eigenvalue weighted by molar-refractivity contribution is 5.78. The highest BCUT2D eigenvalue weighted by atomic mass is 19.4. The van der Waals surface area contributed by atoms with E-state index in [4.69, 9.17) is 0 Å². The van der Waals surface area contributed by atoms with Crippen molar-refractivity contribution in [2.75, 3.05) is 0 Å². The number of amides is 1. The van der Waals surface area contributed by atoms with Gasteiger partial charge in [-0.15, -0.1) is 0 Å². The number of benzene rings is 1. The molecule has 1 heterocycles. The summed E-state index contributed by atoms with van der Waals surface area (Å²) in [5.41, 5.74) is -0.191. The van der Waals surface area contributed by atoms with Crippen molar-refractivity contribution in [3.05, 3.63) is 53.6 Å². The summed E-state index contributed by atoms with van der Waals surface area (Å²) < 4.78 is 39.4. The lowest BCUT2D eigenvalue weighted by atomic mass is 10.1. The van der Waals surface area contributed by atoms with E-state index in [2.05, 4.69) is 10.3 Å². The van der Waals surface area contributed by atoms with Crippen LogP contribution in [0.4, 0.5) is 13.2 Å². The lowest BCUT2D eigenvalue weighted by molar-refractivity contribution is -0.137. The van der Waals surface area contributed by atoms with Crippen molar-refractivity contribution < 1.29 is 18.0 Å². The predicted molar refractivity (Wildman–Crippen MR) is 79.6 cm³/mol. The Bertz CT molecular complexity index is 660. The molecule has 7 heteroatoms. The smallest absolute Gasteiger partial charge is 0.349 e. The molecule has 1 aromatic carbocycles. The Kier molecular flexibility index (Phi) is 5.08. The maximum absolute atomic E-state index is 12.5. The third kappa shape index (κ3) is 4.58. The summed E-state index contributed by atoms with van der Waals surface area (Å²) in [6, 6.07) is 4.83. The number of hydrogen-bond acceptors (Lipinski definition) is 2. The average molecular weight is 325 g/mol. The van der Waals surface area contributed by atoms with Gasteiger partial charge in [-0.3, -0.25) is 4.79 Å². The van der Waals surface area contributed by atoms with Crippen LogP contribution in [0.1, 0.15) is 36.8 Å². The number of carbonyl (C=O) groups is 1. The molecule has 1 N–H and O–H groups in total. The summed E-state index contributed by atoms with van der Waals surface area (Å²) in [6.07, 6.45) is -0.839. The van der Waals surface area contributed by atoms with Crippen LogP contribution in [0.25, 0.3) is 0 Å². The standard InChI is InChI=1S/C16H18F3N3O/c1-11(2)22-8-7-20-14(22)10-21-15(23)9-12-3-5-13(6-4-12)16(17,18)19/h3-8,11H,9-10H2,1-2H3,(H,21,23). The van der Waals surface area contributed by atoms with Crippen LogP contribution in [0.2, 0.25) is 0 Å². The van der Waals surface area contributed by atoms with Gasteiger partial charge in [0.15, 0.2) is 0 Å². The first-order valence-corrected chi connectivity index (χ1v) is 7.22. The van der Waals surface area contributed by atoms with Crippen molar-refractivity contribution >= 4 is 5.91 Å². The van der Waals surface area contributed by atoms with Crippen LogP contribution in [0.15, 0.2) is 36.7 Å². The Labute approximate surface area is 132 Å². The number of imidazole rings is 1. The van der Waals surface area contributed by atoms with Crippen molar-refractivity contribution in [2.24, 2.45) is 0 Å². The minimum Gasteiger partial charge on any atom is -0.349 e. The highest BCUT2D eigenvalue weighted by Crippen LogP contribution is 2.29. The maximum Gasteiger partial charge on any atom is 0.416 e. The summed E-state index contributed by atoms with van der Waals surface area (Å²) in [4.78, 5) is 16.1. The van der Waals surface area contributed by atoms with Crippen molar-refractivity contribution in [2.45, 2.75) is 39.0 Å². The molecule has 0 spiro atoms. The van der Waals surface area contributed by atoms with E-state index in [1.54, 1.807) is 6.20 Å². The largest absolute Gasteiger partial charge is 0.416 e. The molecule has 0 atom stereocenters. The van der Waals surface area contributed by atoms with Gasteiger partial charge in [0.05, 0.1) is 18.5 Å². The van der Waals surface area contributed by atoms with Gasteiger partial charge < -0.3 is 9.88 Å². The van der Waals surface area contributed by atoms with Gasteiger partial charge in [0.25, 0.3) is 0 Å². The van der Waals surface area contributed by atoms with Gasteiger partial charge in [-0.2, -0.15) is 13.2 Å². The first-order valence-electron chi connectivity index (χ1n) is 7.22. The molecule has 4 nitrogen and oxygen atoms in total. The molecule has 2 aromatic rings. The molecule has 0 saturated carbocycles. The predicted octanol–water partition coefficient (Wildman–Crippen LogP) is 3.34. The minimum absolute atomic E-state index is 0.0283. The van der Waals surface area contributed by atoms with Gasteiger partial charge in [0.2, 0.25) is 5.91 Å². The second-order valence-electron chi connectivity index (χ2n) is 5.49. The number of halogens is 3. The zero-order chi connectivity index (χ0) is 17.0. The van der Waals surface area contributed by atoms with Crippen LogP contribution in [-0.2, 0) is 23.9 Å². The molecular formula is C16H18F3N3O. The zero-order valence-electron chi connectivity index (χ0n) is 12.9. The lowest BCUT2D eigenvalue weighted by Crippen LogP contribution is -2.26. The number of nitrogens with zero attached hydrogens (tertiary/aromatic N) is 2. The van der Waals surface area contributed by atoms with E-state index in [0.717, 1.165) is 18.0 Å². The summed E-state index contributed by atoms with van der Waals surface area (Å²) in [5.74, 6) is 0.476. The van der Waals surface area contributed by atoms with E-state index in [1.807, 2.05) is 24.6 Å². The van der Waals surface area contributed by atoms with Crippen LogP contribution in [0, 0.1) is 0 Å². The Balaban J connectivity index is 1.91. The number of hydrogen-bond donors (Lipinski definition) is 1. The van der Waals surface area contributed by atoms with Crippen molar-refractivity contribution in [3.63, 3.8) is 0 Å². The minimum atomic E-state index is -4.37. The Morgan fingerprint density at radius 3 is 2.48 bits per heavy atom. The molecule has 2 rings (SSSR count). The van der Waals surface area contributed by atoms with Gasteiger partial charge in [-0.25, -0.2) is 4.98 Å². The Hall–Kier alpha value is -2.31. The van der Waals surface area contributed by atoms with Gasteiger partial charge >= 0.3 is 6.18 Å². The van der Waals surface area contributed by atoms with Crippen LogP contribution < -0.4 is 5.32 Å². The van der Waals surface area contributed by atoms with E-state index in [-0.39, 0.29) is 24.9 Å². The number of carbonyl (C=O) groups excluding carboxylic acids is 1. The molecule has 124 valence electrons. The Morgan fingerprint density at radius 1 is 1.26 bits per heavy atom. The van der Waals surface area contributed by atoms with E-state index in [1.165, 1.54) is 12.1 Å². The molecule has 0 aliphatic rings. The fourth-order valence-electron chi connectivity index (χ4n) is 2.19. The fraction of sp³-hybridized carbons (Fsp3) is 0.375. The van der Waals surface area contributed by atoms with E-state index >= 15 is 0 Å². The molecule has 1 amide bonds. The van der Waals surface area contributed by atoms with E-state index < -0.39 is 11.7 Å². The van der Waals surface area contributed by atoms with E-state index in [0.29, 0.717) is 5.56 Å². The summed E-state index contributed by atoms with van der Waals surface area (Å²) >= 11 is 0. The average Bonchev–Trinajstić information content (AvgIpc) is 2.93. The summed E-state index contributed by atoms with van der Waals surface area (Å²) in [5, 5.41) is 2.73. The first kappa shape index (κ1) is 17.1. The van der Waals surface area contributed by atoms with Crippen LogP contribution in [-0.4, -0.2) is 15.5 Å². The second kappa shape index (κ2) is 6.85. The molecule has 0 aliphatic heterocycles. The topological polar surface area (TPSA) is 46.9 Å². The molecule has 0 unspecified atom stereocenters. The molecule has 0 saturated heterocycles. The van der Waals surface area contributed by atoms with Gasteiger partial charge in [0, 0.05) is 18.4 Å². The van der Waals surface area contributed by atoms with Gasteiger partial charge in [-0.05, 0) is 31.5 Å². The molecule has 0 bridgehead atoms. The van der Waals surface area contributed by atoms with Gasteiger partial charge in [0.1, 0.15) is 5.82 Å². The third-order valence-electron chi connectivity index (χ3n) is 3.39. The van der Waals surface area contributed by atoms with E-state index in [9.17, 15) is 18.0 Å². The molecule has 0 fully saturated rings. The SMILES string of the molecule is CC(C)n1ccnc1CNC(=O)Cc1ccc(C(F)(F)F)cc1. The van der Waals surface area contributed by atoms with Gasteiger partial charge in [-0.1, -0.05) is 12.1 Å². The molecular weight excluding hydrogens is 307 g/mol. The van der Waals surface area contributed by atoms with Crippen molar-refractivity contribution in [1.29, 1.82) is 0 Å². The summed E-state index contributed by atoms with van der Waals surface area (Å²) in [6.45, 7) is 4.30.